The van der Waals surface area contributed by atoms with Crippen LogP contribution in [0.3, 0.4) is 0 Å². The molecule has 0 radical (unpaired) electrons. The molecule has 0 saturated heterocycles. The van der Waals surface area contributed by atoms with E-state index in [0.717, 1.165) is 23.5 Å². The van der Waals surface area contributed by atoms with Crippen LogP contribution in [0, 0.1) is 13.8 Å². The Kier molecular flexibility index (Phi) is 3.47. The Hall–Kier alpha value is -1.36. The molecule has 0 saturated carbocycles. The third kappa shape index (κ3) is 2.36. The van der Waals surface area contributed by atoms with E-state index in [1.54, 1.807) is 0 Å². The first-order valence-corrected chi connectivity index (χ1v) is 4.98. The topological polar surface area (TPSA) is 81.1 Å². The van der Waals surface area contributed by atoms with Crippen molar-refractivity contribution in [1.29, 1.82) is 0 Å². The van der Waals surface area contributed by atoms with Crippen LogP contribution in [0.15, 0.2) is 0 Å². The van der Waals surface area contributed by atoms with Crippen molar-refractivity contribution >= 4 is 5.97 Å². The zero-order valence-electron chi connectivity index (χ0n) is 9.32. The lowest BCUT2D eigenvalue weighted by Gasteiger charge is -2.09. The molecule has 1 aromatic heterocycles. The number of hydrogen-bond acceptors (Lipinski definition) is 3. The maximum Gasteiger partial charge on any atom is 0.305 e. The summed E-state index contributed by atoms with van der Waals surface area (Å²) >= 11 is 0. The molecule has 0 fully saturated rings. The van der Waals surface area contributed by atoms with Crippen molar-refractivity contribution in [3.05, 3.63) is 17.0 Å². The summed E-state index contributed by atoms with van der Waals surface area (Å²) in [6.45, 7) is 6.54. The number of aromatic nitrogens is 2. The van der Waals surface area contributed by atoms with Gasteiger partial charge in [-0.2, -0.15) is 5.10 Å². The highest BCUT2D eigenvalue weighted by Gasteiger charge is 2.19. The summed E-state index contributed by atoms with van der Waals surface area (Å²) < 4.78 is 1.84. The van der Waals surface area contributed by atoms with Crippen LogP contribution >= 0.6 is 0 Å². The minimum atomic E-state index is -0.884. The molecule has 0 spiro atoms. The van der Waals surface area contributed by atoms with Crippen LogP contribution < -0.4 is 5.73 Å². The number of aryl methyl sites for hydroxylation is 2. The minimum absolute atomic E-state index is 0.0584. The van der Waals surface area contributed by atoms with E-state index in [9.17, 15) is 4.79 Å². The Balaban J connectivity index is 3.02. The van der Waals surface area contributed by atoms with Crippen molar-refractivity contribution in [1.82, 2.24) is 9.78 Å². The normalized spacial score (nSPS) is 12.8. The molecule has 0 bridgehead atoms. The third-order valence-corrected chi connectivity index (χ3v) is 2.50. The fraction of sp³-hybridized carbons (Fsp3) is 0.600. The van der Waals surface area contributed by atoms with E-state index in [0.29, 0.717) is 0 Å². The fourth-order valence-corrected chi connectivity index (χ4v) is 1.85. The predicted octanol–water partition coefficient (Wildman–Crippen LogP) is 0.994. The smallest absolute Gasteiger partial charge is 0.305 e. The number of carboxylic acid groups (broad SMARTS) is 1. The lowest BCUT2D eigenvalue weighted by Crippen LogP contribution is -2.16. The molecular formula is C10H17N3O2. The van der Waals surface area contributed by atoms with Gasteiger partial charge < -0.3 is 10.8 Å². The quantitative estimate of drug-likeness (QED) is 0.778. The third-order valence-electron chi connectivity index (χ3n) is 2.50. The first-order chi connectivity index (χ1) is 6.97. The van der Waals surface area contributed by atoms with Crippen LogP contribution in [0.2, 0.25) is 0 Å². The number of nitrogens with zero attached hydrogens (tertiary/aromatic N) is 2. The van der Waals surface area contributed by atoms with Gasteiger partial charge in [-0.25, -0.2) is 0 Å². The Morgan fingerprint density at radius 2 is 2.20 bits per heavy atom. The van der Waals surface area contributed by atoms with Crippen LogP contribution in [0.4, 0.5) is 0 Å². The van der Waals surface area contributed by atoms with Crippen molar-refractivity contribution in [2.75, 3.05) is 0 Å². The number of carbonyl (C=O) groups is 1. The molecule has 3 N–H and O–H groups in total. The Labute approximate surface area is 88.9 Å². The Morgan fingerprint density at radius 3 is 2.60 bits per heavy atom. The van der Waals surface area contributed by atoms with Crippen LogP contribution in [-0.4, -0.2) is 20.9 Å². The molecule has 0 aliphatic carbocycles. The van der Waals surface area contributed by atoms with E-state index in [-0.39, 0.29) is 6.42 Å². The van der Waals surface area contributed by atoms with Gasteiger partial charge in [-0.3, -0.25) is 9.48 Å². The Bertz CT molecular complexity index is 371. The molecule has 5 heteroatoms. The monoisotopic (exact) mass is 211 g/mol. The van der Waals surface area contributed by atoms with Gasteiger partial charge in [0.25, 0.3) is 0 Å². The highest BCUT2D eigenvalue weighted by molar-refractivity contribution is 5.68. The molecule has 1 rings (SSSR count). The predicted molar refractivity (Wildman–Crippen MR) is 56.6 cm³/mol. The van der Waals surface area contributed by atoms with Crippen molar-refractivity contribution in [2.45, 2.75) is 39.8 Å². The molecule has 1 heterocycles. The molecule has 1 atom stereocenters. The van der Waals surface area contributed by atoms with E-state index in [1.807, 2.05) is 25.5 Å². The standard InChI is InChI=1S/C10H17N3O2/c1-4-13-7(3)10(6(2)12-13)8(11)5-9(14)15/h8H,4-5,11H2,1-3H3,(H,14,15). The van der Waals surface area contributed by atoms with E-state index < -0.39 is 12.0 Å². The summed E-state index contributed by atoms with van der Waals surface area (Å²) in [4.78, 5) is 10.6. The molecule has 0 amide bonds. The first-order valence-electron chi connectivity index (χ1n) is 4.98. The molecule has 5 nitrogen and oxygen atoms in total. The highest BCUT2D eigenvalue weighted by atomic mass is 16.4. The second-order valence-electron chi connectivity index (χ2n) is 3.60. The number of carboxylic acids is 1. The lowest BCUT2D eigenvalue weighted by atomic mass is 10.0. The first kappa shape index (κ1) is 11.7. The van der Waals surface area contributed by atoms with Crippen LogP contribution in [-0.2, 0) is 11.3 Å². The van der Waals surface area contributed by atoms with Gasteiger partial charge in [0.05, 0.1) is 12.1 Å². The van der Waals surface area contributed by atoms with E-state index in [4.69, 9.17) is 10.8 Å². The number of hydrogen-bond donors (Lipinski definition) is 2. The van der Waals surface area contributed by atoms with Crippen LogP contribution in [0.5, 0.6) is 0 Å². The summed E-state index contributed by atoms with van der Waals surface area (Å²) in [6, 6.07) is -0.470. The molecule has 15 heavy (non-hydrogen) atoms. The average molecular weight is 211 g/mol. The number of rotatable bonds is 4. The molecule has 84 valence electrons. The molecule has 1 unspecified atom stereocenters. The summed E-state index contributed by atoms with van der Waals surface area (Å²) in [5.41, 5.74) is 8.48. The van der Waals surface area contributed by atoms with Crippen molar-refractivity contribution in [3.63, 3.8) is 0 Å². The summed E-state index contributed by atoms with van der Waals surface area (Å²) in [5.74, 6) is -0.884. The minimum Gasteiger partial charge on any atom is -0.481 e. The molecule has 0 aromatic carbocycles. The van der Waals surface area contributed by atoms with Gasteiger partial charge in [-0.05, 0) is 20.8 Å². The van der Waals surface area contributed by atoms with Crippen molar-refractivity contribution in [2.24, 2.45) is 5.73 Å². The highest BCUT2D eigenvalue weighted by Crippen LogP contribution is 2.22. The summed E-state index contributed by atoms with van der Waals surface area (Å²) in [7, 11) is 0. The van der Waals surface area contributed by atoms with Gasteiger partial charge in [0.15, 0.2) is 0 Å². The SMILES string of the molecule is CCn1nc(C)c(C(N)CC(=O)O)c1C. The maximum atomic E-state index is 10.6. The van der Waals surface area contributed by atoms with Gasteiger partial charge in [0, 0.05) is 23.8 Å². The second kappa shape index (κ2) is 4.44. The van der Waals surface area contributed by atoms with Gasteiger partial charge in [0.2, 0.25) is 0 Å². The average Bonchev–Trinajstić information content (AvgIpc) is 2.40. The summed E-state index contributed by atoms with van der Waals surface area (Å²) in [5, 5.41) is 13.0. The Morgan fingerprint density at radius 1 is 1.60 bits per heavy atom. The molecule has 0 aliphatic rings. The number of aliphatic carboxylic acids is 1. The van der Waals surface area contributed by atoms with Crippen LogP contribution in [0.25, 0.3) is 0 Å². The van der Waals surface area contributed by atoms with E-state index in [2.05, 4.69) is 5.10 Å². The van der Waals surface area contributed by atoms with E-state index >= 15 is 0 Å². The zero-order valence-corrected chi connectivity index (χ0v) is 9.32. The second-order valence-corrected chi connectivity index (χ2v) is 3.60. The van der Waals surface area contributed by atoms with Gasteiger partial charge in [0.1, 0.15) is 0 Å². The van der Waals surface area contributed by atoms with Crippen molar-refractivity contribution in [3.8, 4) is 0 Å². The van der Waals surface area contributed by atoms with Crippen LogP contribution in [0.1, 0.15) is 36.3 Å². The summed E-state index contributed by atoms with van der Waals surface area (Å²) in [6.07, 6.45) is -0.0584. The fourth-order valence-electron chi connectivity index (χ4n) is 1.85. The zero-order chi connectivity index (χ0) is 11.6. The largest absolute Gasteiger partial charge is 0.481 e. The van der Waals surface area contributed by atoms with Gasteiger partial charge in [-0.1, -0.05) is 0 Å². The van der Waals surface area contributed by atoms with Gasteiger partial charge in [-0.15, -0.1) is 0 Å². The lowest BCUT2D eigenvalue weighted by molar-refractivity contribution is -0.137. The molecule has 0 aliphatic heterocycles. The molecular weight excluding hydrogens is 194 g/mol. The van der Waals surface area contributed by atoms with Crippen molar-refractivity contribution < 1.29 is 9.90 Å². The van der Waals surface area contributed by atoms with Gasteiger partial charge >= 0.3 is 5.97 Å². The number of nitrogens with two attached hydrogens (primary N) is 1. The van der Waals surface area contributed by atoms with E-state index in [1.165, 1.54) is 0 Å². The molecule has 1 aromatic rings. The maximum absolute atomic E-state index is 10.6.